The molecule has 2 aliphatic rings. The van der Waals surface area contributed by atoms with Gasteiger partial charge in [-0.1, -0.05) is 19.1 Å². The van der Waals surface area contributed by atoms with Crippen LogP contribution < -0.4 is 0 Å². The first kappa shape index (κ1) is 18.3. The van der Waals surface area contributed by atoms with E-state index in [1.807, 2.05) is 11.0 Å². The number of benzene rings is 1. The van der Waals surface area contributed by atoms with Crippen LogP contribution in [0.5, 0.6) is 0 Å². The van der Waals surface area contributed by atoms with Crippen LogP contribution in [0.2, 0.25) is 0 Å². The van der Waals surface area contributed by atoms with Gasteiger partial charge in [0.05, 0.1) is 0 Å². The second-order valence-electron chi connectivity index (χ2n) is 7.87. The summed E-state index contributed by atoms with van der Waals surface area (Å²) < 4.78 is 13.7. The Morgan fingerprint density at radius 3 is 2.68 bits per heavy atom. The van der Waals surface area contributed by atoms with Gasteiger partial charge in [-0.05, 0) is 62.4 Å². The lowest BCUT2D eigenvalue weighted by Gasteiger charge is -2.33. The topological polar surface area (TPSA) is 43.8 Å². The number of hydrogen-bond donors (Lipinski definition) is 1. The molecule has 2 fully saturated rings. The summed E-state index contributed by atoms with van der Waals surface area (Å²) in [5.41, 5.74) is 0.996. The Labute approximate surface area is 149 Å². The summed E-state index contributed by atoms with van der Waals surface area (Å²) in [6.45, 7) is 8.70. The van der Waals surface area contributed by atoms with Crippen LogP contribution in [-0.2, 0) is 4.79 Å². The van der Waals surface area contributed by atoms with Crippen LogP contribution in [0.4, 0.5) is 4.39 Å². The molecular formula is C20H29FN2O2. The monoisotopic (exact) mass is 348 g/mol. The van der Waals surface area contributed by atoms with Crippen molar-refractivity contribution in [2.24, 2.45) is 11.8 Å². The first-order chi connectivity index (χ1) is 11.9. The Morgan fingerprint density at radius 1 is 1.32 bits per heavy atom. The van der Waals surface area contributed by atoms with Crippen LogP contribution in [-0.4, -0.2) is 59.6 Å². The average Bonchev–Trinajstić information content (AvgIpc) is 3.00. The zero-order chi connectivity index (χ0) is 18.0. The number of nitrogens with zero attached hydrogens (tertiary/aromatic N) is 2. The van der Waals surface area contributed by atoms with E-state index in [9.17, 15) is 14.3 Å². The molecule has 2 aliphatic heterocycles. The molecule has 0 radical (unpaired) electrons. The minimum absolute atomic E-state index is 0.192. The third-order valence-corrected chi connectivity index (χ3v) is 6.02. The molecule has 5 heteroatoms. The van der Waals surface area contributed by atoms with Gasteiger partial charge < -0.3 is 10.0 Å². The van der Waals surface area contributed by atoms with Crippen LogP contribution in [0.15, 0.2) is 24.3 Å². The Bertz CT molecular complexity index is 601. The summed E-state index contributed by atoms with van der Waals surface area (Å²) >= 11 is 0. The van der Waals surface area contributed by atoms with E-state index < -0.39 is 12.0 Å². The molecule has 25 heavy (non-hydrogen) atoms. The molecule has 2 heterocycles. The van der Waals surface area contributed by atoms with Crippen LogP contribution in [0.1, 0.15) is 38.2 Å². The molecule has 4 nitrogen and oxygen atoms in total. The summed E-state index contributed by atoms with van der Waals surface area (Å²) in [4.78, 5) is 15.9. The van der Waals surface area contributed by atoms with Crippen molar-refractivity contribution in [3.05, 3.63) is 35.6 Å². The summed E-state index contributed by atoms with van der Waals surface area (Å²) in [6, 6.07) is 6.33. The predicted molar refractivity (Wildman–Crippen MR) is 96.1 cm³/mol. The van der Waals surface area contributed by atoms with E-state index in [1.165, 1.54) is 18.9 Å². The van der Waals surface area contributed by atoms with Gasteiger partial charge in [0.1, 0.15) is 11.9 Å². The van der Waals surface area contributed by atoms with Gasteiger partial charge in [-0.2, -0.15) is 0 Å². The van der Waals surface area contributed by atoms with Gasteiger partial charge in [-0.15, -0.1) is 0 Å². The van der Waals surface area contributed by atoms with Gasteiger partial charge in [0.2, 0.25) is 0 Å². The van der Waals surface area contributed by atoms with Crippen LogP contribution in [0.3, 0.4) is 0 Å². The van der Waals surface area contributed by atoms with E-state index >= 15 is 0 Å². The minimum atomic E-state index is -0.787. The summed E-state index contributed by atoms with van der Waals surface area (Å²) in [7, 11) is 0. The molecule has 0 spiro atoms. The van der Waals surface area contributed by atoms with Crippen molar-refractivity contribution in [3.8, 4) is 0 Å². The number of hydrogen-bond acceptors (Lipinski definition) is 3. The summed E-state index contributed by atoms with van der Waals surface area (Å²) in [6.07, 6.45) is 2.46. The van der Waals surface area contributed by atoms with E-state index in [0.29, 0.717) is 12.5 Å². The Hall–Kier alpha value is -1.46. The Kier molecular flexibility index (Phi) is 5.74. The molecular weight excluding hydrogens is 319 g/mol. The third kappa shape index (κ3) is 4.39. The minimum Gasteiger partial charge on any atom is -0.480 e. The van der Waals surface area contributed by atoms with Crippen LogP contribution in [0, 0.1) is 17.7 Å². The summed E-state index contributed by atoms with van der Waals surface area (Å²) in [5.74, 6) is 0.328. The number of aliphatic carboxylic acids is 1. The Morgan fingerprint density at radius 2 is 2.04 bits per heavy atom. The van der Waals surface area contributed by atoms with Crippen LogP contribution in [0.25, 0.3) is 0 Å². The maximum absolute atomic E-state index is 13.7. The quantitative estimate of drug-likeness (QED) is 0.888. The SMILES string of the molecule is CC1CCN(C[C@H]2CN(C(C)C(=O)O)C[C@@H]2c2cccc(F)c2)CC1. The molecule has 2 saturated heterocycles. The molecule has 0 amide bonds. The fourth-order valence-electron chi connectivity index (χ4n) is 4.25. The van der Waals surface area contributed by atoms with E-state index in [-0.39, 0.29) is 11.7 Å². The molecule has 1 aromatic rings. The molecule has 3 atom stereocenters. The highest BCUT2D eigenvalue weighted by molar-refractivity contribution is 5.73. The zero-order valence-electron chi connectivity index (χ0n) is 15.2. The molecule has 0 saturated carbocycles. The van der Waals surface area contributed by atoms with Crippen molar-refractivity contribution in [2.45, 2.75) is 38.6 Å². The van der Waals surface area contributed by atoms with Crippen LogP contribution >= 0.6 is 0 Å². The van der Waals surface area contributed by atoms with Gasteiger partial charge in [0.15, 0.2) is 0 Å². The summed E-state index contributed by atoms with van der Waals surface area (Å²) in [5, 5.41) is 9.37. The van der Waals surface area contributed by atoms with Gasteiger partial charge in [-0.25, -0.2) is 4.39 Å². The maximum atomic E-state index is 13.7. The van der Waals surface area contributed by atoms with Gasteiger partial charge in [-0.3, -0.25) is 9.69 Å². The fourth-order valence-corrected chi connectivity index (χ4v) is 4.25. The second-order valence-corrected chi connectivity index (χ2v) is 7.87. The second kappa shape index (κ2) is 7.83. The molecule has 1 N–H and O–H groups in total. The van der Waals surface area contributed by atoms with Gasteiger partial charge in [0, 0.05) is 25.6 Å². The number of carbonyl (C=O) groups is 1. The lowest BCUT2D eigenvalue weighted by atomic mass is 9.87. The first-order valence-corrected chi connectivity index (χ1v) is 9.38. The number of likely N-dealkylation sites (tertiary alicyclic amines) is 2. The number of carboxylic acids is 1. The third-order valence-electron chi connectivity index (χ3n) is 6.02. The number of rotatable bonds is 5. The van der Waals surface area contributed by atoms with E-state index in [4.69, 9.17) is 0 Å². The number of carboxylic acid groups (broad SMARTS) is 1. The molecule has 0 aromatic heterocycles. The molecule has 0 bridgehead atoms. The van der Waals surface area contributed by atoms with Crippen molar-refractivity contribution in [1.29, 1.82) is 0 Å². The normalized spacial score (nSPS) is 27.5. The van der Waals surface area contributed by atoms with Crippen molar-refractivity contribution < 1.29 is 14.3 Å². The molecule has 1 aromatic carbocycles. The predicted octanol–water partition coefficient (Wildman–Crippen LogP) is 3.05. The lowest BCUT2D eigenvalue weighted by molar-refractivity contribution is -0.142. The smallest absolute Gasteiger partial charge is 0.320 e. The zero-order valence-corrected chi connectivity index (χ0v) is 15.2. The molecule has 3 rings (SSSR count). The fraction of sp³-hybridized carbons (Fsp3) is 0.650. The van der Waals surface area contributed by atoms with Crippen molar-refractivity contribution in [1.82, 2.24) is 9.80 Å². The maximum Gasteiger partial charge on any atom is 0.320 e. The number of piperidine rings is 1. The lowest BCUT2D eigenvalue weighted by Crippen LogP contribution is -2.40. The highest BCUT2D eigenvalue weighted by Gasteiger charge is 2.38. The van der Waals surface area contributed by atoms with Crippen molar-refractivity contribution >= 4 is 5.97 Å². The standard InChI is InChI=1S/C20H29FN2O2/c1-14-6-8-22(9-7-14)11-17-12-23(15(2)20(24)25)13-19(17)16-4-3-5-18(21)10-16/h3-5,10,14-15,17,19H,6-9,11-13H2,1-2H3,(H,24,25)/t15?,17-,19+/m0/s1. The van der Waals surface area contributed by atoms with E-state index in [1.54, 1.807) is 19.1 Å². The molecule has 138 valence electrons. The highest BCUT2D eigenvalue weighted by atomic mass is 19.1. The van der Waals surface area contributed by atoms with Gasteiger partial charge >= 0.3 is 5.97 Å². The van der Waals surface area contributed by atoms with Crippen molar-refractivity contribution in [2.75, 3.05) is 32.7 Å². The Balaban J connectivity index is 1.75. The molecule has 0 aliphatic carbocycles. The molecule has 1 unspecified atom stereocenters. The van der Waals surface area contributed by atoms with Crippen molar-refractivity contribution in [3.63, 3.8) is 0 Å². The highest BCUT2D eigenvalue weighted by Crippen LogP contribution is 2.35. The average molecular weight is 348 g/mol. The number of halogens is 1. The van der Waals surface area contributed by atoms with E-state index in [2.05, 4.69) is 11.8 Å². The largest absolute Gasteiger partial charge is 0.480 e. The first-order valence-electron chi connectivity index (χ1n) is 9.38. The van der Waals surface area contributed by atoms with Gasteiger partial charge in [0.25, 0.3) is 0 Å². The van der Waals surface area contributed by atoms with E-state index in [0.717, 1.165) is 37.7 Å².